The van der Waals surface area contributed by atoms with Crippen molar-refractivity contribution < 1.29 is 4.42 Å². The highest BCUT2D eigenvalue weighted by molar-refractivity contribution is 6.30. The van der Waals surface area contributed by atoms with Crippen LogP contribution in [0.15, 0.2) is 28.7 Å². The first kappa shape index (κ1) is 15.5. The third-order valence-electron chi connectivity index (χ3n) is 4.25. The molecule has 0 spiro atoms. The van der Waals surface area contributed by atoms with E-state index in [0.29, 0.717) is 22.8 Å². The predicted molar refractivity (Wildman–Crippen MR) is 86.8 cm³/mol. The second-order valence-electron chi connectivity index (χ2n) is 5.98. The van der Waals surface area contributed by atoms with Crippen LogP contribution in [-0.4, -0.2) is 52.7 Å². The summed E-state index contributed by atoms with van der Waals surface area (Å²) in [6.45, 7) is 7.48. The number of piperazine rings is 1. The highest BCUT2D eigenvalue weighted by Crippen LogP contribution is 2.27. The predicted octanol–water partition coefficient (Wildman–Crippen LogP) is 3.09. The minimum absolute atomic E-state index is 0.115. The highest BCUT2D eigenvalue weighted by atomic mass is 35.5. The first-order valence-electron chi connectivity index (χ1n) is 7.58. The van der Waals surface area contributed by atoms with Crippen LogP contribution in [0.5, 0.6) is 0 Å². The molecule has 22 heavy (non-hydrogen) atoms. The monoisotopic (exact) mass is 320 g/mol. The first-order chi connectivity index (χ1) is 10.5. The van der Waals surface area contributed by atoms with E-state index in [9.17, 15) is 0 Å². The van der Waals surface area contributed by atoms with Gasteiger partial charge in [0.25, 0.3) is 0 Å². The maximum absolute atomic E-state index is 6.02. The fourth-order valence-electron chi connectivity index (χ4n) is 3.01. The molecule has 0 saturated carbocycles. The lowest BCUT2D eigenvalue weighted by molar-refractivity contribution is 0.0572. The number of hydrogen-bond donors (Lipinski definition) is 0. The molecule has 1 saturated heterocycles. The molecule has 3 rings (SSSR count). The van der Waals surface area contributed by atoms with Gasteiger partial charge in [0.2, 0.25) is 11.8 Å². The van der Waals surface area contributed by atoms with E-state index in [1.54, 1.807) is 0 Å². The molecule has 118 valence electrons. The molecule has 0 bridgehead atoms. The van der Waals surface area contributed by atoms with Crippen LogP contribution >= 0.6 is 11.6 Å². The zero-order valence-electron chi connectivity index (χ0n) is 13.2. The van der Waals surface area contributed by atoms with Crippen molar-refractivity contribution in [1.82, 2.24) is 20.0 Å². The molecule has 1 aliphatic heterocycles. The molecule has 2 aromatic rings. The number of rotatable bonds is 3. The number of benzene rings is 1. The van der Waals surface area contributed by atoms with Crippen molar-refractivity contribution >= 4 is 11.6 Å². The van der Waals surface area contributed by atoms with Crippen LogP contribution in [0.25, 0.3) is 11.5 Å². The van der Waals surface area contributed by atoms with Crippen molar-refractivity contribution in [3.63, 3.8) is 0 Å². The van der Waals surface area contributed by atoms with E-state index < -0.39 is 0 Å². The summed E-state index contributed by atoms with van der Waals surface area (Å²) in [6.07, 6.45) is 0. The van der Waals surface area contributed by atoms with Crippen LogP contribution in [0, 0.1) is 0 Å². The summed E-state index contributed by atoms with van der Waals surface area (Å²) in [4.78, 5) is 4.76. The molecule has 6 heteroatoms. The maximum Gasteiger partial charge on any atom is 0.247 e. The van der Waals surface area contributed by atoms with E-state index >= 15 is 0 Å². The van der Waals surface area contributed by atoms with Gasteiger partial charge in [0.15, 0.2) is 0 Å². The second-order valence-corrected chi connectivity index (χ2v) is 6.42. The van der Waals surface area contributed by atoms with Gasteiger partial charge in [-0.15, -0.1) is 10.2 Å². The zero-order chi connectivity index (χ0) is 15.7. The summed E-state index contributed by atoms with van der Waals surface area (Å²) in [6, 6.07) is 8.05. The second kappa shape index (κ2) is 6.36. The van der Waals surface area contributed by atoms with E-state index in [1.807, 2.05) is 24.3 Å². The van der Waals surface area contributed by atoms with Gasteiger partial charge in [-0.1, -0.05) is 17.7 Å². The van der Waals surface area contributed by atoms with E-state index in [1.165, 1.54) is 0 Å². The summed E-state index contributed by atoms with van der Waals surface area (Å²) < 4.78 is 5.88. The van der Waals surface area contributed by atoms with Crippen LogP contribution < -0.4 is 0 Å². The molecule has 0 amide bonds. The maximum atomic E-state index is 6.02. The molecule has 2 atom stereocenters. The van der Waals surface area contributed by atoms with Crippen molar-refractivity contribution in [3.8, 4) is 11.5 Å². The zero-order valence-corrected chi connectivity index (χ0v) is 13.9. The summed E-state index contributed by atoms with van der Waals surface area (Å²) >= 11 is 6.02. The van der Waals surface area contributed by atoms with E-state index in [2.05, 4.69) is 40.9 Å². The van der Waals surface area contributed by atoms with Gasteiger partial charge in [0.1, 0.15) is 0 Å². The van der Waals surface area contributed by atoms with Gasteiger partial charge in [-0.3, -0.25) is 4.90 Å². The normalized spacial score (nSPS) is 21.9. The van der Waals surface area contributed by atoms with Crippen molar-refractivity contribution in [2.24, 2.45) is 0 Å². The van der Waals surface area contributed by atoms with Crippen LogP contribution in [0.4, 0.5) is 0 Å². The summed E-state index contributed by atoms with van der Waals surface area (Å²) in [5.41, 5.74) is 0.852. The Hall–Kier alpha value is -1.43. The van der Waals surface area contributed by atoms with Gasteiger partial charge in [-0.05, 0) is 39.1 Å². The largest absolute Gasteiger partial charge is 0.419 e. The Morgan fingerprint density at radius 1 is 1.32 bits per heavy atom. The Morgan fingerprint density at radius 3 is 2.86 bits per heavy atom. The minimum Gasteiger partial charge on any atom is -0.419 e. The fourth-order valence-corrected chi connectivity index (χ4v) is 3.20. The van der Waals surface area contributed by atoms with E-state index in [4.69, 9.17) is 16.0 Å². The summed E-state index contributed by atoms with van der Waals surface area (Å²) in [5, 5.41) is 9.07. The molecular weight excluding hydrogens is 300 g/mol. The van der Waals surface area contributed by atoms with Crippen LogP contribution in [0.1, 0.15) is 25.8 Å². The first-order valence-corrected chi connectivity index (χ1v) is 7.96. The van der Waals surface area contributed by atoms with Gasteiger partial charge in [-0.2, -0.15) is 0 Å². The molecule has 0 N–H and O–H groups in total. The smallest absolute Gasteiger partial charge is 0.247 e. The molecule has 1 fully saturated rings. The lowest BCUT2D eigenvalue weighted by atomic mass is 10.1. The molecule has 1 aromatic carbocycles. The molecular formula is C16H21ClN4O. The lowest BCUT2D eigenvalue weighted by Crippen LogP contribution is -2.51. The standard InChI is InChI=1S/C16H21ClN4O/c1-11-10-20(3)7-8-21(11)12(2)15-18-19-16(22-15)13-5-4-6-14(17)9-13/h4-6,9,11-12H,7-8,10H2,1-3H3. The SMILES string of the molecule is CC1CN(C)CCN1C(C)c1nnc(-c2cccc(Cl)c2)o1. The quantitative estimate of drug-likeness (QED) is 0.869. The Labute approximate surface area is 135 Å². The van der Waals surface area contributed by atoms with Gasteiger partial charge in [-0.25, -0.2) is 0 Å². The number of hydrogen-bond acceptors (Lipinski definition) is 5. The Morgan fingerprint density at radius 2 is 2.14 bits per heavy atom. The molecule has 0 radical (unpaired) electrons. The minimum atomic E-state index is 0.115. The third-order valence-corrected chi connectivity index (χ3v) is 4.48. The summed E-state index contributed by atoms with van der Waals surface area (Å²) in [7, 11) is 2.16. The fraction of sp³-hybridized carbons (Fsp3) is 0.500. The van der Waals surface area contributed by atoms with E-state index in [-0.39, 0.29) is 6.04 Å². The van der Waals surface area contributed by atoms with Crippen molar-refractivity contribution in [1.29, 1.82) is 0 Å². The van der Waals surface area contributed by atoms with Crippen molar-refractivity contribution in [2.75, 3.05) is 26.7 Å². The van der Waals surface area contributed by atoms with Crippen LogP contribution in [0.3, 0.4) is 0 Å². The number of aromatic nitrogens is 2. The van der Waals surface area contributed by atoms with Gasteiger partial charge in [0.05, 0.1) is 6.04 Å². The summed E-state index contributed by atoms with van der Waals surface area (Å²) in [5.74, 6) is 1.18. The van der Waals surface area contributed by atoms with Gasteiger partial charge >= 0.3 is 0 Å². The molecule has 2 unspecified atom stereocenters. The molecule has 1 aromatic heterocycles. The van der Waals surface area contributed by atoms with E-state index in [0.717, 1.165) is 25.2 Å². The van der Waals surface area contributed by atoms with Gasteiger partial charge < -0.3 is 9.32 Å². The highest BCUT2D eigenvalue weighted by Gasteiger charge is 2.29. The topological polar surface area (TPSA) is 45.4 Å². The third kappa shape index (κ3) is 3.16. The Kier molecular flexibility index (Phi) is 4.47. The number of likely N-dealkylation sites (N-methyl/N-ethyl adjacent to an activating group) is 1. The average molecular weight is 321 g/mol. The van der Waals surface area contributed by atoms with Crippen LogP contribution in [-0.2, 0) is 0 Å². The molecule has 2 heterocycles. The van der Waals surface area contributed by atoms with Crippen molar-refractivity contribution in [2.45, 2.75) is 25.9 Å². The Balaban J connectivity index is 1.78. The molecule has 0 aliphatic carbocycles. The van der Waals surface area contributed by atoms with Crippen molar-refractivity contribution in [3.05, 3.63) is 35.2 Å². The average Bonchev–Trinajstić information content (AvgIpc) is 2.96. The van der Waals surface area contributed by atoms with Crippen LogP contribution in [0.2, 0.25) is 5.02 Å². The lowest BCUT2D eigenvalue weighted by Gasteiger charge is -2.40. The Bertz CT molecular complexity index is 645. The molecule has 5 nitrogen and oxygen atoms in total. The number of halogens is 1. The molecule has 1 aliphatic rings. The number of nitrogens with zero attached hydrogens (tertiary/aromatic N) is 4. The van der Waals surface area contributed by atoms with Gasteiger partial charge in [0, 0.05) is 36.3 Å².